The van der Waals surface area contributed by atoms with E-state index < -0.39 is 0 Å². The molecule has 1 N–H and O–H groups in total. The second-order valence-electron chi connectivity index (χ2n) is 4.31. The smallest absolute Gasteiger partial charge is 0.0510 e. The van der Waals surface area contributed by atoms with Crippen molar-refractivity contribution in [3.05, 3.63) is 30.1 Å². The molecule has 1 aromatic rings. The molecule has 88 valence electrons. The van der Waals surface area contributed by atoms with Crippen LogP contribution in [0.3, 0.4) is 0 Å². The van der Waals surface area contributed by atoms with E-state index in [-0.39, 0.29) is 0 Å². The van der Waals surface area contributed by atoms with Crippen molar-refractivity contribution < 1.29 is 4.74 Å². The number of likely N-dealkylation sites (N-methyl/N-ethyl adjacent to an activating group) is 1. The van der Waals surface area contributed by atoms with Crippen molar-refractivity contribution in [1.82, 2.24) is 10.3 Å². The Morgan fingerprint density at radius 1 is 1.56 bits per heavy atom. The average molecular weight is 220 g/mol. The summed E-state index contributed by atoms with van der Waals surface area (Å²) < 4.78 is 5.46. The number of hydrogen-bond donors (Lipinski definition) is 1. The van der Waals surface area contributed by atoms with Crippen LogP contribution in [-0.2, 0) is 11.2 Å². The molecule has 1 saturated heterocycles. The fourth-order valence-corrected chi connectivity index (χ4v) is 2.28. The van der Waals surface area contributed by atoms with Gasteiger partial charge in [-0.25, -0.2) is 0 Å². The topological polar surface area (TPSA) is 34.2 Å². The molecule has 0 aromatic carbocycles. The Labute approximate surface area is 97.2 Å². The number of nitrogens with one attached hydrogen (secondary N) is 1. The molecule has 2 atom stereocenters. The van der Waals surface area contributed by atoms with Crippen molar-refractivity contribution in [2.75, 3.05) is 19.8 Å². The quantitative estimate of drug-likeness (QED) is 0.819. The molecular weight excluding hydrogens is 200 g/mol. The maximum atomic E-state index is 5.46. The molecule has 2 unspecified atom stereocenters. The monoisotopic (exact) mass is 220 g/mol. The summed E-state index contributed by atoms with van der Waals surface area (Å²) in [4.78, 5) is 4.39. The zero-order valence-electron chi connectivity index (χ0n) is 9.86. The van der Waals surface area contributed by atoms with Crippen LogP contribution in [0.5, 0.6) is 0 Å². The van der Waals surface area contributed by atoms with E-state index in [0.29, 0.717) is 12.0 Å². The molecule has 3 heteroatoms. The van der Waals surface area contributed by atoms with Gasteiger partial charge in [0.05, 0.1) is 6.61 Å². The van der Waals surface area contributed by atoms with Gasteiger partial charge in [-0.2, -0.15) is 0 Å². The highest BCUT2D eigenvalue weighted by atomic mass is 16.5. The lowest BCUT2D eigenvalue weighted by molar-refractivity contribution is 0.176. The molecule has 1 aliphatic heterocycles. The Morgan fingerprint density at radius 3 is 3.12 bits per heavy atom. The predicted molar refractivity (Wildman–Crippen MR) is 64.3 cm³/mol. The fourth-order valence-electron chi connectivity index (χ4n) is 2.28. The first kappa shape index (κ1) is 11.6. The summed E-state index contributed by atoms with van der Waals surface area (Å²) in [6, 6.07) is 6.61. The summed E-state index contributed by atoms with van der Waals surface area (Å²) in [7, 11) is 0. The largest absolute Gasteiger partial charge is 0.381 e. The van der Waals surface area contributed by atoms with E-state index in [9.17, 15) is 0 Å². The molecule has 1 fully saturated rings. The van der Waals surface area contributed by atoms with Crippen LogP contribution < -0.4 is 5.32 Å². The number of rotatable bonds is 5. The molecule has 16 heavy (non-hydrogen) atoms. The van der Waals surface area contributed by atoms with Gasteiger partial charge in [-0.05, 0) is 25.1 Å². The standard InChI is InChI=1S/C13H20N2O/c1-2-14-13(11-6-8-16-10-11)9-12-5-3-4-7-15-12/h3-5,7,11,13-14H,2,6,8-10H2,1H3. The number of pyridine rings is 1. The van der Waals surface area contributed by atoms with Gasteiger partial charge < -0.3 is 10.1 Å². The lowest BCUT2D eigenvalue weighted by Gasteiger charge is -2.22. The van der Waals surface area contributed by atoms with E-state index in [1.807, 2.05) is 12.3 Å². The second-order valence-corrected chi connectivity index (χ2v) is 4.31. The average Bonchev–Trinajstić information content (AvgIpc) is 2.83. The minimum Gasteiger partial charge on any atom is -0.381 e. The van der Waals surface area contributed by atoms with Gasteiger partial charge in [0.1, 0.15) is 0 Å². The SMILES string of the molecule is CCNC(Cc1ccccn1)C1CCOC1. The molecule has 2 rings (SSSR count). The number of aromatic nitrogens is 1. The first-order chi connectivity index (χ1) is 7.90. The Balaban J connectivity index is 1.96. The Kier molecular flexibility index (Phi) is 4.31. The van der Waals surface area contributed by atoms with Gasteiger partial charge in [-0.1, -0.05) is 13.0 Å². The first-order valence-electron chi connectivity index (χ1n) is 6.11. The fraction of sp³-hybridized carbons (Fsp3) is 0.615. The molecule has 0 amide bonds. The van der Waals surface area contributed by atoms with Crippen LogP contribution >= 0.6 is 0 Å². The number of nitrogens with zero attached hydrogens (tertiary/aromatic N) is 1. The highest BCUT2D eigenvalue weighted by molar-refractivity contribution is 5.06. The molecule has 0 bridgehead atoms. The van der Waals surface area contributed by atoms with Crippen LogP contribution in [0.25, 0.3) is 0 Å². The molecule has 3 nitrogen and oxygen atoms in total. The third-order valence-electron chi connectivity index (χ3n) is 3.16. The van der Waals surface area contributed by atoms with Crippen LogP contribution in [0, 0.1) is 5.92 Å². The van der Waals surface area contributed by atoms with Gasteiger partial charge >= 0.3 is 0 Å². The minimum atomic E-state index is 0.502. The molecule has 1 aliphatic rings. The van der Waals surface area contributed by atoms with Crippen molar-refractivity contribution in [3.8, 4) is 0 Å². The second kappa shape index (κ2) is 5.97. The van der Waals surface area contributed by atoms with E-state index in [1.165, 1.54) is 12.1 Å². The molecule has 0 aliphatic carbocycles. The third kappa shape index (κ3) is 3.03. The summed E-state index contributed by atoms with van der Waals surface area (Å²) in [5, 5.41) is 3.55. The molecule has 0 saturated carbocycles. The summed E-state index contributed by atoms with van der Waals surface area (Å²) in [5.74, 6) is 0.641. The maximum absolute atomic E-state index is 5.46. The highest BCUT2D eigenvalue weighted by Gasteiger charge is 2.25. The van der Waals surface area contributed by atoms with Crippen LogP contribution in [-0.4, -0.2) is 30.8 Å². The summed E-state index contributed by atoms with van der Waals surface area (Å²) in [6.07, 6.45) is 4.04. The third-order valence-corrected chi connectivity index (χ3v) is 3.16. The Bertz CT molecular complexity index is 296. The van der Waals surface area contributed by atoms with E-state index in [4.69, 9.17) is 4.74 Å². The molecule has 0 spiro atoms. The molecule has 2 heterocycles. The van der Waals surface area contributed by atoms with Crippen molar-refractivity contribution in [2.24, 2.45) is 5.92 Å². The van der Waals surface area contributed by atoms with Gasteiger partial charge in [0.2, 0.25) is 0 Å². The van der Waals surface area contributed by atoms with Gasteiger partial charge in [0.25, 0.3) is 0 Å². The van der Waals surface area contributed by atoms with E-state index >= 15 is 0 Å². The zero-order chi connectivity index (χ0) is 11.2. The highest BCUT2D eigenvalue weighted by Crippen LogP contribution is 2.19. The predicted octanol–water partition coefficient (Wildman–Crippen LogP) is 1.64. The van der Waals surface area contributed by atoms with Crippen molar-refractivity contribution in [2.45, 2.75) is 25.8 Å². The van der Waals surface area contributed by atoms with Gasteiger partial charge in [-0.3, -0.25) is 4.98 Å². The van der Waals surface area contributed by atoms with E-state index in [2.05, 4.69) is 29.4 Å². The zero-order valence-corrected chi connectivity index (χ0v) is 9.86. The van der Waals surface area contributed by atoms with Crippen LogP contribution in [0.2, 0.25) is 0 Å². The van der Waals surface area contributed by atoms with Crippen LogP contribution in [0.1, 0.15) is 19.0 Å². The van der Waals surface area contributed by atoms with Crippen molar-refractivity contribution in [1.29, 1.82) is 0 Å². The van der Waals surface area contributed by atoms with E-state index in [0.717, 1.165) is 26.2 Å². The number of hydrogen-bond acceptors (Lipinski definition) is 3. The van der Waals surface area contributed by atoms with Crippen LogP contribution in [0.15, 0.2) is 24.4 Å². The summed E-state index contributed by atoms with van der Waals surface area (Å²) >= 11 is 0. The summed E-state index contributed by atoms with van der Waals surface area (Å²) in [6.45, 7) is 4.97. The van der Waals surface area contributed by atoms with Gasteiger partial charge in [0, 0.05) is 36.9 Å². The normalized spacial score (nSPS) is 22.2. The number of ether oxygens (including phenoxy) is 1. The maximum Gasteiger partial charge on any atom is 0.0510 e. The van der Waals surface area contributed by atoms with Gasteiger partial charge in [0.15, 0.2) is 0 Å². The Hall–Kier alpha value is -0.930. The minimum absolute atomic E-state index is 0.502. The molecular formula is C13H20N2O. The lowest BCUT2D eigenvalue weighted by Crippen LogP contribution is -2.38. The Morgan fingerprint density at radius 2 is 2.50 bits per heavy atom. The van der Waals surface area contributed by atoms with Gasteiger partial charge in [-0.15, -0.1) is 0 Å². The first-order valence-corrected chi connectivity index (χ1v) is 6.11. The lowest BCUT2D eigenvalue weighted by atomic mass is 9.94. The molecule has 0 radical (unpaired) electrons. The summed E-state index contributed by atoms with van der Waals surface area (Å²) in [5.41, 5.74) is 1.17. The van der Waals surface area contributed by atoms with Crippen molar-refractivity contribution >= 4 is 0 Å². The van der Waals surface area contributed by atoms with Crippen LogP contribution in [0.4, 0.5) is 0 Å². The molecule has 1 aromatic heterocycles. The van der Waals surface area contributed by atoms with E-state index in [1.54, 1.807) is 0 Å². The van der Waals surface area contributed by atoms with Crippen molar-refractivity contribution in [3.63, 3.8) is 0 Å².